The first-order chi connectivity index (χ1) is 12.0. The molecule has 1 amide bonds. The summed E-state index contributed by atoms with van der Waals surface area (Å²) < 4.78 is 49.8. The molecule has 1 aromatic heterocycles. The van der Waals surface area contributed by atoms with Crippen molar-refractivity contribution in [1.82, 2.24) is 9.88 Å². The normalized spacial score (nSPS) is 21.4. The molecule has 0 spiro atoms. The molecular weight excluding hydrogens is 349 g/mol. The number of ether oxygens (including phenoxy) is 2. The van der Waals surface area contributed by atoms with Crippen molar-refractivity contribution in [2.75, 3.05) is 19.7 Å². The van der Waals surface area contributed by atoms with Gasteiger partial charge in [0.2, 0.25) is 0 Å². The monoisotopic (exact) mass is 374 g/mol. The first-order valence-electron chi connectivity index (χ1n) is 8.58. The fourth-order valence-corrected chi connectivity index (χ4v) is 3.00. The summed E-state index contributed by atoms with van der Waals surface area (Å²) in [4.78, 5) is 17.2. The molecule has 2 atom stereocenters. The molecule has 1 aliphatic heterocycles. The third kappa shape index (κ3) is 5.78. The van der Waals surface area contributed by atoms with E-state index in [0.717, 1.165) is 12.6 Å². The molecule has 2 heterocycles. The van der Waals surface area contributed by atoms with E-state index in [4.69, 9.17) is 9.47 Å². The number of aromatic nitrogens is 1. The Morgan fingerprint density at radius 1 is 1.31 bits per heavy atom. The average molecular weight is 374 g/mol. The fourth-order valence-electron chi connectivity index (χ4n) is 3.00. The van der Waals surface area contributed by atoms with Crippen LogP contribution in [0.2, 0.25) is 0 Å². The Morgan fingerprint density at radius 2 is 2.00 bits per heavy atom. The number of carbonyl (C=O) groups excluding carboxylic acids is 1. The second-order valence-electron chi connectivity index (χ2n) is 7.75. The van der Waals surface area contributed by atoms with Gasteiger partial charge in [-0.15, -0.1) is 0 Å². The van der Waals surface area contributed by atoms with E-state index in [-0.39, 0.29) is 24.2 Å². The molecule has 146 valence electrons. The van der Waals surface area contributed by atoms with E-state index in [9.17, 15) is 18.0 Å². The average Bonchev–Trinajstić information content (AvgIpc) is 2.50. The van der Waals surface area contributed by atoms with Crippen LogP contribution in [0.15, 0.2) is 18.3 Å². The molecular formula is C18H25F3N2O3. The van der Waals surface area contributed by atoms with Crippen LogP contribution < -0.4 is 4.74 Å². The molecule has 2 rings (SSSR count). The lowest BCUT2D eigenvalue weighted by atomic mass is 9.91. The van der Waals surface area contributed by atoms with E-state index >= 15 is 0 Å². The molecule has 0 aliphatic carbocycles. The van der Waals surface area contributed by atoms with Gasteiger partial charge in [-0.05, 0) is 45.2 Å². The van der Waals surface area contributed by atoms with Crippen LogP contribution in [0, 0.1) is 11.8 Å². The zero-order chi connectivity index (χ0) is 19.5. The van der Waals surface area contributed by atoms with Crippen molar-refractivity contribution in [3.8, 4) is 5.75 Å². The SMILES string of the molecule is CC1CC(COc2cccnc2C(F)(F)F)CN(C(=O)OC(C)(C)C)C1. The Balaban J connectivity index is 2.01. The number of nitrogens with zero attached hydrogens (tertiary/aromatic N) is 2. The summed E-state index contributed by atoms with van der Waals surface area (Å²) in [6.07, 6.45) is -3.13. The molecule has 5 nitrogen and oxygen atoms in total. The Morgan fingerprint density at radius 3 is 2.62 bits per heavy atom. The number of alkyl halides is 3. The van der Waals surface area contributed by atoms with Gasteiger partial charge in [0.05, 0.1) is 6.61 Å². The van der Waals surface area contributed by atoms with E-state index in [1.54, 1.807) is 25.7 Å². The zero-order valence-corrected chi connectivity index (χ0v) is 15.5. The molecule has 26 heavy (non-hydrogen) atoms. The number of hydrogen-bond donors (Lipinski definition) is 0. The molecule has 1 saturated heterocycles. The molecule has 0 saturated carbocycles. The van der Waals surface area contributed by atoms with Crippen molar-refractivity contribution in [3.63, 3.8) is 0 Å². The summed E-state index contributed by atoms with van der Waals surface area (Å²) in [5.74, 6) is -0.157. The summed E-state index contributed by atoms with van der Waals surface area (Å²) >= 11 is 0. The van der Waals surface area contributed by atoms with Crippen LogP contribution in [-0.4, -0.2) is 41.3 Å². The quantitative estimate of drug-likeness (QED) is 0.788. The lowest BCUT2D eigenvalue weighted by molar-refractivity contribution is -0.142. The minimum Gasteiger partial charge on any atom is -0.491 e. The van der Waals surface area contributed by atoms with Gasteiger partial charge in [0.1, 0.15) is 11.4 Å². The van der Waals surface area contributed by atoms with Crippen molar-refractivity contribution >= 4 is 6.09 Å². The molecule has 1 fully saturated rings. The van der Waals surface area contributed by atoms with Crippen LogP contribution in [0.3, 0.4) is 0 Å². The standard InChI is InChI=1S/C18H25F3N2O3/c1-12-8-13(10-23(9-12)16(24)26-17(2,3)4)11-25-14-6-5-7-22-15(14)18(19,20)21/h5-7,12-13H,8-11H2,1-4H3. The Labute approximate surface area is 151 Å². The van der Waals surface area contributed by atoms with Crippen LogP contribution in [0.25, 0.3) is 0 Å². The van der Waals surface area contributed by atoms with Crippen LogP contribution in [0.4, 0.5) is 18.0 Å². The largest absolute Gasteiger partial charge is 0.491 e. The number of hydrogen-bond acceptors (Lipinski definition) is 4. The Kier molecular flexibility index (Phi) is 6.03. The van der Waals surface area contributed by atoms with Crippen molar-refractivity contribution in [2.24, 2.45) is 11.8 Å². The first kappa shape index (κ1) is 20.3. The van der Waals surface area contributed by atoms with Gasteiger partial charge in [0, 0.05) is 25.2 Å². The van der Waals surface area contributed by atoms with Gasteiger partial charge >= 0.3 is 12.3 Å². The summed E-state index contributed by atoms with van der Waals surface area (Å²) in [6.45, 7) is 8.40. The Hall–Kier alpha value is -1.99. The van der Waals surface area contributed by atoms with Crippen molar-refractivity contribution in [1.29, 1.82) is 0 Å². The maximum absolute atomic E-state index is 13.0. The number of halogens is 3. The fraction of sp³-hybridized carbons (Fsp3) is 0.667. The number of pyridine rings is 1. The van der Waals surface area contributed by atoms with Crippen LogP contribution >= 0.6 is 0 Å². The topological polar surface area (TPSA) is 51.7 Å². The number of amides is 1. The van der Waals surface area contributed by atoms with E-state index in [0.29, 0.717) is 13.1 Å². The molecule has 0 N–H and O–H groups in total. The van der Waals surface area contributed by atoms with E-state index in [2.05, 4.69) is 4.98 Å². The smallest absolute Gasteiger partial charge is 0.437 e. The highest BCUT2D eigenvalue weighted by molar-refractivity contribution is 5.68. The van der Waals surface area contributed by atoms with Gasteiger partial charge in [-0.1, -0.05) is 6.92 Å². The first-order valence-corrected chi connectivity index (χ1v) is 8.58. The molecule has 1 aliphatic rings. The van der Waals surface area contributed by atoms with E-state index < -0.39 is 23.6 Å². The summed E-state index contributed by atoms with van der Waals surface area (Å²) in [7, 11) is 0. The predicted octanol–water partition coefficient (Wildman–Crippen LogP) is 4.37. The molecule has 2 unspecified atom stereocenters. The third-order valence-electron chi connectivity index (χ3n) is 3.91. The lowest BCUT2D eigenvalue weighted by Crippen LogP contribution is -2.46. The summed E-state index contributed by atoms with van der Waals surface area (Å²) in [5.41, 5.74) is -1.63. The molecule has 0 bridgehead atoms. The summed E-state index contributed by atoms with van der Waals surface area (Å²) in [6, 6.07) is 2.66. The minimum absolute atomic E-state index is 0.0763. The lowest BCUT2D eigenvalue weighted by Gasteiger charge is -2.37. The number of likely N-dealkylation sites (tertiary alicyclic amines) is 1. The van der Waals surface area contributed by atoms with Gasteiger partial charge in [-0.2, -0.15) is 13.2 Å². The van der Waals surface area contributed by atoms with Crippen LogP contribution in [-0.2, 0) is 10.9 Å². The van der Waals surface area contributed by atoms with Crippen LogP contribution in [0.5, 0.6) is 5.75 Å². The second-order valence-corrected chi connectivity index (χ2v) is 7.75. The van der Waals surface area contributed by atoms with Gasteiger partial charge in [0.15, 0.2) is 5.69 Å². The van der Waals surface area contributed by atoms with Crippen molar-refractivity contribution in [2.45, 2.75) is 45.9 Å². The summed E-state index contributed by atoms with van der Waals surface area (Å²) in [5, 5.41) is 0. The number of piperidine rings is 1. The third-order valence-corrected chi connectivity index (χ3v) is 3.91. The van der Waals surface area contributed by atoms with E-state index in [1.165, 1.54) is 12.1 Å². The van der Waals surface area contributed by atoms with Gasteiger partial charge in [-0.3, -0.25) is 0 Å². The molecule has 8 heteroatoms. The van der Waals surface area contributed by atoms with Gasteiger partial charge < -0.3 is 14.4 Å². The molecule has 0 radical (unpaired) electrons. The molecule has 0 aromatic carbocycles. The predicted molar refractivity (Wildman–Crippen MR) is 89.8 cm³/mol. The maximum Gasteiger partial charge on any atom is 0.437 e. The van der Waals surface area contributed by atoms with Gasteiger partial charge in [-0.25, -0.2) is 9.78 Å². The van der Waals surface area contributed by atoms with Crippen molar-refractivity contribution in [3.05, 3.63) is 24.0 Å². The number of rotatable bonds is 3. The highest BCUT2D eigenvalue weighted by atomic mass is 19.4. The highest BCUT2D eigenvalue weighted by Gasteiger charge is 2.37. The van der Waals surface area contributed by atoms with Crippen molar-refractivity contribution < 1.29 is 27.4 Å². The Bertz CT molecular complexity index is 629. The number of carbonyl (C=O) groups is 1. The zero-order valence-electron chi connectivity index (χ0n) is 15.5. The second kappa shape index (κ2) is 7.72. The van der Waals surface area contributed by atoms with Crippen LogP contribution in [0.1, 0.15) is 39.8 Å². The molecule has 1 aromatic rings. The minimum atomic E-state index is -4.57. The van der Waals surface area contributed by atoms with Gasteiger partial charge in [0.25, 0.3) is 0 Å². The van der Waals surface area contributed by atoms with E-state index in [1.807, 2.05) is 6.92 Å². The highest BCUT2D eigenvalue weighted by Crippen LogP contribution is 2.34. The maximum atomic E-state index is 13.0.